The van der Waals surface area contributed by atoms with Crippen LogP contribution in [-0.2, 0) is 4.74 Å². The van der Waals surface area contributed by atoms with Crippen molar-refractivity contribution < 1.29 is 9.53 Å². The van der Waals surface area contributed by atoms with Gasteiger partial charge in [0.25, 0.3) is 0 Å². The summed E-state index contributed by atoms with van der Waals surface area (Å²) in [5.41, 5.74) is 3.15. The van der Waals surface area contributed by atoms with Crippen LogP contribution in [0.5, 0.6) is 0 Å². The summed E-state index contributed by atoms with van der Waals surface area (Å²) >= 11 is 3.52. The molecule has 1 amide bonds. The van der Waals surface area contributed by atoms with E-state index in [1.165, 1.54) is 5.39 Å². The van der Waals surface area contributed by atoms with Crippen LogP contribution in [0.15, 0.2) is 59.1 Å². The maximum Gasteiger partial charge on any atom is 0.410 e. The molecule has 0 bridgehead atoms. The first-order valence-electron chi connectivity index (χ1n) is 11.5. The average molecular weight is 516 g/mol. The number of H-pyrrole nitrogens is 1. The molecule has 1 aliphatic rings. The van der Waals surface area contributed by atoms with Gasteiger partial charge in [0.1, 0.15) is 11.4 Å². The first kappa shape index (κ1) is 22.5. The number of amides is 1. The number of hydrogen-bond donors (Lipinski definition) is 1. The molecule has 1 aliphatic heterocycles. The highest BCUT2D eigenvalue weighted by atomic mass is 79.9. The van der Waals surface area contributed by atoms with E-state index in [1.807, 2.05) is 51.1 Å². The fourth-order valence-corrected chi connectivity index (χ4v) is 4.67. The Morgan fingerprint density at radius 2 is 1.76 bits per heavy atom. The van der Waals surface area contributed by atoms with Crippen molar-refractivity contribution in [1.82, 2.24) is 14.9 Å². The van der Waals surface area contributed by atoms with E-state index in [1.54, 1.807) is 4.90 Å². The molecule has 0 unspecified atom stereocenters. The zero-order valence-corrected chi connectivity index (χ0v) is 21.1. The van der Waals surface area contributed by atoms with E-state index in [2.05, 4.69) is 57.0 Å². The lowest BCUT2D eigenvalue weighted by Gasteiger charge is -2.27. The maximum absolute atomic E-state index is 12.7. The molecule has 6 heteroatoms. The fourth-order valence-electron chi connectivity index (χ4n) is 4.29. The fraction of sp³-hybridized carbons (Fsp3) is 0.286. The summed E-state index contributed by atoms with van der Waals surface area (Å²) in [5.74, 6) is 7.34. The molecule has 1 fully saturated rings. The highest BCUT2D eigenvalue weighted by Crippen LogP contribution is 2.33. The summed E-state index contributed by atoms with van der Waals surface area (Å²) in [6.07, 6.45) is 1.51. The summed E-state index contributed by atoms with van der Waals surface area (Å²) in [6.45, 7) is 6.33. The number of likely N-dealkylation sites (tertiary alicyclic amines) is 1. The Kier molecular flexibility index (Phi) is 5.83. The smallest absolute Gasteiger partial charge is 0.410 e. The summed E-state index contributed by atoms with van der Waals surface area (Å²) in [4.78, 5) is 22.6. The van der Waals surface area contributed by atoms with Crippen molar-refractivity contribution in [2.45, 2.75) is 45.3 Å². The number of fused-ring (bicyclic) bond motifs is 2. The van der Waals surface area contributed by atoms with E-state index < -0.39 is 5.60 Å². The van der Waals surface area contributed by atoms with Crippen LogP contribution in [0.25, 0.3) is 21.8 Å². The molecule has 1 aromatic heterocycles. The number of benzene rings is 3. The van der Waals surface area contributed by atoms with Gasteiger partial charge < -0.3 is 9.72 Å². The predicted molar refractivity (Wildman–Crippen MR) is 139 cm³/mol. The molecule has 34 heavy (non-hydrogen) atoms. The number of carbonyl (C=O) groups is 1. The minimum atomic E-state index is -0.520. The Bertz CT molecular complexity index is 1460. The van der Waals surface area contributed by atoms with E-state index in [-0.39, 0.29) is 12.1 Å². The van der Waals surface area contributed by atoms with Gasteiger partial charge in [-0.2, -0.15) is 0 Å². The van der Waals surface area contributed by atoms with Crippen molar-refractivity contribution in [3.05, 3.63) is 76.0 Å². The lowest BCUT2D eigenvalue weighted by Crippen LogP contribution is -2.36. The second-order valence-corrected chi connectivity index (χ2v) is 10.6. The third kappa shape index (κ3) is 4.80. The molecule has 0 aliphatic carbocycles. The Hall–Kier alpha value is -3.30. The molecule has 3 aromatic carbocycles. The van der Waals surface area contributed by atoms with Crippen LogP contribution in [-0.4, -0.2) is 33.1 Å². The van der Waals surface area contributed by atoms with Crippen LogP contribution in [0.3, 0.4) is 0 Å². The third-order valence-electron chi connectivity index (χ3n) is 5.85. The minimum Gasteiger partial charge on any atom is -0.444 e. The monoisotopic (exact) mass is 515 g/mol. The van der Waals surface area contributed by atoms with Crippen LogP contribution < -0.4 is 0 Å². The molecule has 5 rings (SSSR count). The van der Waals surface area contributed by atoms with Gasteiger partial charge in [0, 0.05) is 22.1 Å². The number of aromatic nitrogens is 2. The summed E-state index contributed by atoms with van der Waals surface area (Å²) in [7, 11) is 0. The standard InChI is InChI=1S/C28H26BrN3O2/c1-28(2,3)34-27(33)32-14-4-5-25(32)26-30-23-13-9-19(16-24(23)31-26)7-6-18-8-10-21-17-22(29)12-11-20(21)15-18/h8-13,15-17,25H,4-5,14H2,1-3H3,(H,30,31)/t25-/m0/s1. The van der Waals surface area contributed by atoms with Crippen molar-refractivity contribution >= 4 is 43.8 Å². The number of rotatable bonds is 1. The van der Waals surface area contributed by atoms with Gasteiger partial charge >= 0.3 is 6.09 Å². The molecule has 0 radical (unpaired) electrons. The quantitative estimate of drug-likeness (QED) is 0.279. The van der Waals surface area contributed by atoms with Crippen molar-refractivity contribution in [1.29, 1.82) is 0 Å². The number of hydrogen-bond acceptors (Lipinski definition) is 3. The number of nitrogens with one attached hydrogen (secondary N) is 1. The van der Waals surface area contributed by atoms with E-state index >= 15 is 0 Å². The Morgan fingerprint density at radius 3 is 2.56 bits per heavy atom. The average Bonchev–Trinajstić information content (AvgIpc) is 3.43. The Morgan fingerprint density at radius 1 is 1.06 bits per heavy atom. The molecule has 172 valence electrons. The number of imidazole rings is 1. The number of halogens is 1. The van der Waals surface area contributed by atoms with Gasteiger partial charge in [0.15, 0.2) is 0 Å². The first-order chi connectivity index (χ1) is 16.2. The van der Waals surface area contributed by atoms with E-state index in [0.29, 0.717) is 6.54 Å². The van der Waals surface area contributed by atoms with Gasteiger partial charge in [0.05, 0.1) is 17.1 Å². The van der Waals surface area contributed by atoms with Crippen LogP contribution in [0.4, 0.5) is 4.79 Å². The van der Waals surface area contributed by atoms with Crippen LogP contribution in [0.1, 0.15) is 56.6 Å². The summed E-state index contributed by atoms with van der Waals surface area (Å²) in [6, 6.07) is 18.3. The van der Waals surface area contributed by atoms with Crippen LogP contribution in [0, 0.1) is 11.8 Å². The van der Waals surface area contributed by atoms with Crippen LogP contribution in [0.2, 0.25) is 0 Å². The summed E-state index contributed by atoms with van der Waals surface area (Å²) in [5, 5.41) is 2.34. The molecule has 1 N–H and O–H groups in total. The summed E-state index contributed by atoms with van der Waals surface area (Å²) < 4.78 is 6.67. The molecule has 1 saturated heterocycles. The second kappa shape index (κ2) is 8.81. The van der Waals surface area contributed by atoms with E-state index in [4.69, 9.17) is 9.72 Å². The molecular formula is C28H26BrN3O2. The largest absolute Gasteiger partial charge is 0.444 e. The van der Waals surface area contributed by atoms with Crippen molar-refractivity contribution in [2.75, 3.05) is 6.54 Å². The van der Waals surface area contributed by atoms with Crippen LogP contribution >= 0.6 is 15.9 Å². The van der Waals surface area contributed by atoms with Crippen molar-refractivity contribution in [3.8, 4) is 11.8 Å². The molecule has 0 spiro atoms. The normalized spacial score (nSPS) is 16.0. The highest BCUT2D eigenvalue weighted by molar-refractivity contribution is 9.10. The zero-order chi connectivity index (χ0) is 23.9. The minimum absolute atomic E-state index is 0.102. The number of nitrogens with zero attached hydrogens (tertiary/aromatic N) is 2. The Labute approximate surface area is 207 Å². The number of carbonyl (C=O) groups excluding carboxylic acids is 1. The highest BCUT2D eigenvalue weighted by Gasteiger charge is 2.34. The second-order valence-electron chi connectivity index (χ2n) is 9.64. The Balaban J connectivity index is 1.38. The molecule has 4 aromatic rings. The number of ether oxygens (including phenoxy) is 1. The van der Waals surface area contributed by atoms with E-state index in [0.717, 1.165) is 50.7 Å². The van der Waals surface area contributed by atoms with Gasteiger partial charge in [-0.05, 0) is 86.8 Å². The van der Waals surface area contributed by atoms with Crippen molar-refractivity contribution in [3.63, 3.8) is 0 Å². The number of aromatic amines is 1. The van der Waals surface area contributed by atoms with Crippen molar-refractivity contribution in [2.24, 2.45) is 0 Å². The lowest BCUT2D eigenvalue weighted by molar-refractivity contribution is 0.0219. The molecule has 5 nitrogen and oxygen atoms in total. The topological polar surface area (TPSA) is 58.2 Å². The van der Waals surface area contributed by atoms with Gasteiger partial charge in [-0.1, -0.05) is 39.9 Å². The molecule has 1 atom stereocenters. The molecule has 0 saturated carbocycles. The molecular weight excluding hydrogens is 490 g/mol. The molecule has 2 heterocycles. The van der Waals surface area contributed by atoms with Gasteiger partial charge in [-0.25, -0.2) is 9.78 Å². The first-order valence-corrected chi connectivity index (χ1v) is 12.3. The maximum atomic E-state index is 12.7. The zero-order valence-electron chi connectivity index (χ0n) is 19.5. The van der Waals surface area contributed by atoms with E-state index in [9.17, 15) is 4.79 Å². The van der Waals surface area contributed by atoms with Gasteiger partial charge in [0.2, 0.25) is 0 Å². The van der Waals surface area contributed by atoms with Gasteiger partial charge in [-0.15, -0.1) is 0 Å². The SMILES string of the molecule is CC(C)(C)OC(=O)N1CCC[C@H]1c1nc2ccc(C#Cc3ccc4cc(Br)ccc4c3)cc2[nH]1. The lowest BCUT2D eigenvalue weighted by atomic mass is 10.1. The van der Waals surface area contributed by atoms with Gasteiger partial charge in [-0.3, -0.25) is 4.90 Å². The third-order valence-corrected chi connectivity index (χ3v) is 6.34. The predicted octanol–water partition coefficient (Wildman–Crippen LogP) is 6.95.